The normalized spacial score (nSPS) is 43.1. The first-order valence-electron chi connectivity index (χ1n) is 12.5. The Morgan fingerprint density at radius 3 is 2.94 bits per heavy atom. The van der Waals surface area contributed by atoms with Gasteiger partial charge in [0.05, 0.1) is 11.2 Å². The minimum absolute atomic E-state index is 0.0271. The molecule has 2 saturated carbocycles. The summed E-state index contributed by atoms with van der Waals surface area (Å²) in [5.41, 5.74) is 4.96. The predicted molar refractivity (Wildman–Crippen MR) is 125 cm³/mol. The molecule has 2 nitrogen and oxygen atoms in total. The lowest BCUT2D eigenvalue weighted by Gasteiger charge is -2.54. The van der Waals surface area contributed by atoms with Gasteiger partial charge in [0.1, 0.15) is 0 Å². The van der Waals surface area contributed by atoms with E-state index < -0.39 is 0 Å². The molecule has 2 aliphatic heterocycles. The number of nitrogens with zero attached hydrogens (tertiary/aromatic N) is 1. The minimum Gasteiger partial charge on any atom is -0.359 e. The van der Waals surface area contributed by atoms with Crippen molar-refractivity contribution in [2.24, 2.45) is 17.3 Å². The van der Waals surface area contributed by atoms with Crippen molar-refractivity contribution in [2.45, 2.75) is 82.3 Å². The van der Waals surface area contributed by atoms with Crippen molar-refractivity contribution in [2.75, 3.05) is 0 Å². The van der Waals surface area contributed by atoms with Gasteiger partial charge in [-0.15, -0.1) is 0 Å². The molecule has 1 aromatic heterocycles. The van der Waals surface area contributed by atoms with Crippen molar-refractivity contribution in [1.29, 1.82) is 0 Å². The fraction of sp³-hybridized carbons (Fsp3) is 0.552. The largest absolute Gasteiger partial charge is 0.359 e. The molecule has 2 aromatic rings. The van der Waals surface area contributed by atoms with Crippen molar-refractivity contribution in [1.82, 2.24) is 4.98 Å². The number of allylic oxidation sites excluding steroid dienone is 1. The molecule has 1 aromatic carbocycles. The van der Waals surface area contributed by atoms with Gasteiger partial charge in [-0.25, -0.2) is 0 Å². The number of fused-ring (bicyclic) bond motifs is 2. The van der Waals surface area contributed by atoms with E-state index in [1.807, 2.05) is 12.4 Å². The van der Waals surface area contributed by atoms with Crippen LogP contribution in [0.3, 0.4) is 0 Å². The molecule has 1 saturated heterocycles. The second kappa shape index (κ2) is 6.10. The molecule has 31 heavy (non-hydrogen) atoms. The third-order valence-electron chi connectivity index (χ3n) is 9.99. The monoisotopic (exact) mass is 411 g/mol. The highest BCUT2D eigenvalue weighted by Gasteiger charge is 2.66. The number of aromatic nitrogens is 1. The molecule has 0 N–H and O–H groups in total. The van der Waals surface area contributed by atoms with Crippen LogP contribution in [0.2, 0.25) is 0 Å². The molecule has 6 atom stereocenters. The van der Waals surface area contributed by atoms with Gasteiger partial charge in [-0.2, -0.15) is 0 Å². The second-order valence-electron chi connectivity index (χ2n) is 11.5. The summed E-state index contributed by atoms with van der Waals surface area (Å²) in [6, 6.07) is 9.22. The number of hydrogen-bond acceptors (Lipinski definition) is 2. The van der Waals surface area contributed by atoms with Crippen LogP contribution in [0.5, 0.6) is 0 Å². The molecule has 3 fully saturated rings. The molecule has 160 valence electrons. The van der Waals surface area contributed by atoms with E-state index in [9.17, 15) is 0 Å². The maximum Gasteiger partial charge on any atom is 0.0974 e. The summed E-state index contributed by atoms with van der Waals surface area (Å²) in [6.45, 7) is 5.00. The first kappa shape index (κ1) is 18.6. The Kier molecular flexibility index (Phi) is 3.66. The average Bonchev–Trinajstić information content (AvgIpc) is 3.28. The molecule has 3 heterocycles. The predicted octanol–water partition coefficient (Wildman–Crippen LogP) is 7.11. The number of benzene rings is 1. The van der Waals surface area contributed by atoms with Gasteiger partial charge in [-0.3, -0.25) is 4.98 Å². The van der Waals surface area contributed by atoms with Gasteiger partial charge in [0, 0.05) is 17.8 Å². The Balaban J connectivity index is 1.31. The summed E-state index contributed by atoms with van der Waals surface area (Å²) in [5.74, 6) is 2.02. The summed E-state index contributed by atoms with van der Waals surface area (Å²) >= 11 is 0. The first-order valence-corrected chi connectivity index (χ1v) is 12.5. The van der Waals surface area contributed by atoms with E-state index in [1.165, 1.54) is 73.3 Å². The number of ether oxygens (including phenoxy) is 1. The summed E-state index contributed by atoms with van der Waals surface area (Å²) < 4.78 is 7.34. The Morgan fingerprint density at radius 2 is 2.00 bits per heavy atom. The van der Waals surface area contributed by atoms with Crippen LogP contribution in [0, 0.1) is 17.3 Å². The number of hydrogen-bond donors (Lipinski definition) is 0. The first-order chi connectivity index (χ1) is 15.0. The average molecular weight is 412 g/mol. The minimum atomic E-state index is -0.0271. The zero-order valence-electron chi connectivity index (χ0n) is 18.9. The van der Waals surface area contributed by atoms with Crippen molar-refractivity contribution >= 4 is 10.8 Å². The van der Waals surface area contributed by atoms with E-state index in [4.69, 9.17) is 4.74 Å². The van der Waals surface area contributed by atoms with Gasteiger partial charge < -0.3 is 4.74 Å². The molecule has 7 rings (SSSR count). The fourth-order valence-corrected chi connectivity index (χ4v) is 8.51. The highest BCUT2D eigenvalue weighted by atomic mass is 16.5. The molecule has 2 bridgehead atoms. The highest BCUT2D eigenvalue weighted by molar-refractivity contribution is 5.82. The standard InChI is InChI=1S/C29H33NO/c1-19-3-6-23-16-24-9-11-27(2)25(21-5-4-20-10-14-30-18-22(20)15-21)7-8-26(27)29(24)13-12-28(23,17-19)31-29/h4-5,9-10,14-16,18-19,25-26H,3,6-8,11-13,17H2,1-2H3/t19-,25?,26+,27?,28+,29+/m0/s1. The van der Waals surface area contributed by atoms with Crippen molar-refractivity contribution in [3.05, 3.63) is 65.5 Å². The number of pyridine rings is 1. The van der Waals surface area contributed by atoms with Gasteiger partial charge >= 0.3 is 0 Å². The van der Waals surface area contributed by atoms with Crippen LogP contribution < -0.4 is 0 Å². The fourth-order valence-electron chi connectivity index (χ4n) is 8.51. The highest BCUT2D eigenvalue weighted by Crippen LogP contribution is 2.69. The molecule has 5 aliphatic rings. The van der Waals surface area contributed by atoms with E-state index in [0.717, 1.165) is 5.92 Å². The van der Waals surface area contributed by atoms with E-state index in [0.29, 0.717) is 11.8 Å². The zero-order valence-corrected chi connectivity index (χ0v) is 18.9. The summed E-state index contributed by atoms with van der Waals surface area (Å²) in [5, 5.41) is 2.56. The van der Waals surface area contributed by atoms with Gasteiger partial charge in [0.15, 0.2) is 0 Å². The maximum atomic E-state index is 7.34. The lowest BCUT2D eigenvalue weighted by molar-refractivity contribution is -0.138. The maximum absolute atomic E-state index is 7.34. The smallest absolute Gasteiger partial charge is 0.0974 e. The lowest BCUT2D eigenvalue weighted by atomic mass is 9.58. The van der Waals surface area contributed by atoms with Crippen LogP contribution in [0.25, 0.3) is 10.8 Å². The Morgan fingerprint density at radius 1 is 1.06 bits per heavy atom. The van der Waals surface area contributed by atoms with E-state index in [2.05, 4.69) is 55.2 Å². The van der Waals surface area contributed by atoms with Gasteiger partial charge in [0.25, 0.3) is 0 Å². The third-order valence-corrected chi connectivity index (χ3v) is 9.99. The Labute approximate surface area is 185 Å². The Hall–Kier alpha value is -1.93. The SMILES string of the molecule is C[C@H]1CCC2=CC3=CCC4(C)C(c5ccc6ccncc6c5)CC[C@H]4[C@@]34CC[C@]2(C1)O4. The van der Waals surface area contributed by atoms with Crippen LogP contribution in [0.4, 0.5) is 0 Å². The number of rotatable bonds is 1. The molecular weight excluding hydrogens is 378 g/mol. The molecule has 2 heteroatoms. The van der Waals surface area contributed by atoms with Gasteiger partial charge in [-0.05, 0) is 109 Å². The van der Waals surface area contributed by atoms with Crippen LogP contribution >= 0.6 is 0 Å². The van der Waals surface area contributed by atoms with Crippen LogP contribution in [-0.4, -0.2) is 16.2 Å². The molecule has 2 unspecified atom stereocenters. The zero-order chi connectivity index (χ0) is 20.8. The van der Waals surface area contributed by atoms with Crippen molar-refractivity contribution < 1.29 is 4.74 Å². The summed E-state index contributed by atoms with van der Waals surface area (Å²) in [4.78, 5) is 4.37. The second-order valence-corrected chi connectivity index (χ2v) is 11.5. The van der Waals surface area contributed by atoms with E-state index in [1.54, 1.807) is 5.57 Å². The van der Waals surface area contributed by atoms with Crippen molar-refractivity contribution in [3.63, 3.8) is 0 Å². The Bertz CT molecular complexity index is 1150. The van der Waals surface area contributed by atoms with Crippen LogP contribution in [-0.2, 0) is 4.74 Å². The van der Waals surface area contributed by atoms with E-state index >= 15 is 0 Å². The quantitative estimate of drug-likeness (QED) is 0.499. The molecule has 2 spiro atoms. The van der Waals surface area contributed by atoms with Crippen molar-refractivity contribution in [3.8, 4) is 0 Å². The lowest BCUT2D eigenvalue weighted by Crippen LogP contribution is -2.53. The van der Waals surface area contributed by atoms with E-state index in [-0.39, 0.29) is 16.6 Å². The molecule has 3 aliphatic carbocycles. The summed E-state index contributed by atoms with van der Waals surface area (Å²) in [7, 11) is 0. The van der Waals surface area contributed by atoms with Crippen LogP contribution in [0.1, 0.15) is 76.7 Å². The summed E-state index contributed by atoms with van der Waals surface area (Å²) in [6.07, 6.45) is 19.1. The third kappa shape index (κ3) is 2.35. The molecule has 0 amide bonds. The molecular formula is C29H33NO. The van der Waals surface area contributed by atoms with Crippen LogP contribution in [0.15, 0.2) is 60.0 Å². The topological polar surface area (TPSA) is 22.1 Å². The molecule has 0 radical (unpaired) electrons. The van der Waals surface area contributed by atoms with Gasteiger partial charge in [-0.1, -0.05) is 38.1 Å². The van der Waals surface area contributed by atoms with Gasteiger partial charge in [0.2, 0.25) is 0 Å².